The molecule has 0 saturated heterocycles. The average Bonchev–Trinajstić information content (AvgIpc) is 3.00. The Morgan fingerprint density at radius 3 is 2.10 bits per heavy atom. The number of rotatable bonds is 8. The van der Waals surface area contributed by atoms with Crippen molar-refractivity contribution in [1.29, 1.82) is 0 Å². The Balaban J connectivity index is 1.77. The van der Waals surface area contributed by atoms with Crippen molar-refractivity contribution in [1.82, 2.24) is 4.90 Å². The standard InChI is InChI=1S/C34H34FNO5S/c1-23-5-15-29(16-6-23)42(37,38)33-22-36(21-24-7-11-27(35)12-8-24)18-17-26-19-31(40-3)32(41-4)20-30(26)34(33)25-9-13-28(39-2)14-10-25/h5-16,19-20,22,34H,17-18,21H2,1-4H3/b33-22+. The molecule has 5 rings (SSSR count). The van der Waals surface area contributed by atoms with Crippen LogP contribution in [0.1, 0.15) is 33.7 Å². The zero-order valence-corrected chi connectivity index (χ0v) is 25.0. The summed E-state index contributed by atoms with van der Waals surface area (Å²) < 4.78 is 59.5. The molecule has 1 aliphatic heterocycles. The number of allylic oxidation sites excluding steroid dienone is 1. The number of ether oxygens (including phenoxy) is 3. The zero-order chi connectivity index (χ0) is 29.9. The second-order valence-corrected chi connectivity index (χ2v) is 12.3. The molecule has 0 fully saturated rings. The summed E-state index contributed by atoms with van der Waals surface area (Å²) in [5.74, 6) is 0.780. The van der Waals surface area contributed by atoms with Gasteiger partial charge in [-0.3, -0.25) is 0 Å². The Kier molecular flexibility index (Phi) is 8.54. The zero-order valence-electron chi connectivity index (χ0n) is 24.1. The van der Waals surface area contributed by atoms with Crippen molar-refractivity contribution >= 4 is 9.84 Å². The molecule has 1 aliphatic rings. The minimum Gasteiger partial charge on any atom is -0.497 e. The molecule has 0 saturated carbocycles. The Labute approximate surface area is 246 Å². The molecule has 0 spiro atoms. The molecule has 0 radical (unpaired) electrons. The van der Waals surface area contributed by atoms with Crippen LogP contribution < -0.4 is 14.2 Å². The van der Waals surface area contributed by atoms with Crippen LogP contribution in [0.3, 0.4) is 0 Å². The van der Waals surface area contributed by atoms with Crippen molar-refractivity contribution in [2.75, 3.05) is 27.9 Å². The van der Waals surface area contributed by atoms with Crippen molar-refractivity contribution < 1.29 is 27.0 Å². The molecule has 218 valence electrons. The van der Waals surface area contributed by atoms with Crippen molar-refractivity contribution in [2.45, 2.75) is 30.7 Å². The first-order valence-corrected chi connectivity index (χ1v) is 15.1. The summed E-state index contributed by atoms with van der Waals surface area (Å²) in [6.45, 7) is 2.86. The van der Waals surface area contributed by atoms with Gasteiger partial charge in [-0.05, 0) is 84.1 Å². The molecule has 0 aromatic heterocycles. The van der Waals surface area contributed by atoms with E-state index in [1.54, 1.807) is 63.9 Å². The van der Waals surface area contributed by atoms with Gasteiger partial charge in [-0.2, -0.15) is 0 Å². The summed E-state index contributed by atoms with van der Waals surface area (Å²) in [5.41, 5.74) is 4.39. The molecule has 42 heavy (non-hydrogen) atoms. The maximum absolute atomic E-state index is 14.6. The fraction of sp³-hybridized carbons (Fsp3) is 0.235. The number of benzene rings is 4. The lowest BCUT2D eigenvalue weighted by Gasteiger charge is -2.32. The molecule has 8 heteroatoms. The van der Waals surface area contributed by atoms with Crippen LogP contribution in [0.4, 0.5) is 4.39 Å². The predicted octanol–water partition coefficient (Wildman–Crippen LogP) is 6.67. The number of hydrogen-bond acceptors (Lipinski definition) is 6. The number of nitrogens with zero attached hydrogens (tertiary/aromatic N) is 1. The molecule has 0 bridgehead atoms. The minimum absolute atomic E-state index is 0.210. The van der Waals surface area contributed by atoms with E-state index >= 15 is 0 Å². The van der Waals surface area contributed by atoms with Gasteiger partial charge >= 0.3 is 0 Å². The maximum atomic E-state index is 14.6. The Hall–Kier alpha value is -4.30. The van der Waals surface area contributed by atoms with Crippen molar-refractivity contribution in [2.24, 2.45) is 0 Å². The molecule has 4 aromatic carbocycles. The van der Waals surface area contributed by atoms with Gasteiger partial charge in [-0.15, -0.1) is 0 Å². The third kappa shape index (κ3) is 5.99. The van der Waals surface area contributed by atoms with Crippen LogP contribution in [0, 0.1) is 12.7 Å². The molecule has 1 unspecified atom stereocenters. The quantitative estimate of drug-likeness (QED) is 0.230. The van der Waals surface area contributed by atoms with E-state index in [1.807, 2.05) is 48.2 Å². The summed E-state index contributed by atoms with van der Waals surface area (Å²) >= 11 is 0. The topological polar surface area (TPSA) is 65.1 Å². The third-order valence-corrected chi connectivity index (χ3v) is 9.46. The van der Waals surface area contributed by atoms with E-state index in [1.165, 1.54) is 12.1 Å². The lowest BCUT2D eigenvalue weighted by Crippen LogP contribution is -2.27. The number of methoxy groups -OCH3 is 3. The second-order valence-electron chi connectivity index (χ2n) is 10.3. The van der Waals surface area contributed by atoms with Crippen LogP contribution >= 0.6 is 0 Å². The smallest absolute Gasteiger partial charge is 0.205 e. The van der Waals surface area contributed by atoms with Gasteiger partial charge in [-0.25, -0.2) is 12.8 Å². The first-order chi connectivity index (χ1) is 20.2. The lowest BCUT2D eigenvalue weighted by atomic mass is 9.85. The van der Waals surface area contributed by atoms with Crippen LogP contribution in [-0.2, 0) is 22.8 Å². The normalized spacial score (nSPS) is 16.5. The van der Waals surface area contributed by atoms with Gasteiger partial charge in [-0.1, -0.05) is 42.0 Å². The van der Waals surface area contributed by atoms with E-state index in [-0.39, 0.29) is 15.6 Å². The number of fused-ring (bicyclic) bond motifs is 1. The number of sulfone groups is 1. The SMILES string of the molecule is COc1ccc(C2/C(S(=O)(=O)c3ccc(C)cc3)=C\N(Cc3ccc(F)cc3)CCc3cc(OC)c(OC)cc32)cc1. The van der Waals surface area contributed by atoms with Crippen LogP contribution in [0.5, 0.6) is 17.2 Å². The van der Waals surface area contributed by atoms with Gasteiger partial charge < -0.3 is 19.1 Å². The van der Waals surface area contributed by atoms with Crippen molar-refractivity contribution in [3.8, 4) is 17.2 Å². The summed E-state index contributed by atoms with van der Waals surface area (Å²) in [6.07, 6.45) is 2.38. The van der Waals surface area contributed by atoms with Crippen LogP contribution in [0.15, 0.2) is 101 Å². The average molecular weight is 588 g/mol. The third-order valence-electron chi connectivity index (χ3n) is 7.61. The van der Waals surface area contributed by atoms with Crippen LogP contribution in [0.25, 0.3) is 0 Å². The molecule has 0 amide bonds. The van der Waals surface area contributed by atoms with Crippen molar-refractivity contribution in [3.63, 3.8) is 0 Å². The van der Waals surface area contributed by atoms with Gasteiger partial charge in [0.1, 0.15) is 11.6 Å². The highest BCUT2D eigenvalue weighted by molar-refractivity contribution is 7.95. The first-order valence-electron chi connectivity index (χ1n) is 13.6. The highest BCUT2D eigenvalue weighted by Crippen LogP contribution is 2.44. The number of halogens is 1. The predicted molar refractivity (Wildman–Crippen MR) is 161 cm³/mol. The molecule has 1 atom stereocenters. The van der Waals surface area contributed by atoms with Gasteiger partial charge in [0.2, 0.25) is 9.84 Å². The summed E-state index contributed by atoms with van der Waals surface area (Å²) in [6, 6.07) is 24.5. The number of aryl methyl sites for hydroxylation is 1. The molecular weight excluding hydrogens is 553 g/mol. The van der Waals surface area contributed by atoms with E-state index in [0.29, 0.717) is 36.8 Å². The Morgan fingerprint density at radius 2 is 1.48 bits per heavy atom. The van der Waals surface area contributed by atoms with Gasteiger partial charge in [0, 0.05) is 25.2 Å². The maximum Gasteiger partial charge on any atom is 0.205 e. The monoisotopic (exact) mass is 587 g/mol. The van der Waals surface area contributed by atoms with Crippen molar-refractivity contribution in [3.05, 3.63) is 130 Å². The number of hydrogen-bond donors (Lipinski definition) is 0. The minimum atomic E-state index is -3.99. The van der Waals surface area contributed by atoms with E-state index < -0.39 is 15.8 Å². The second kappa shape index (κ2) is 12.3. The fourth-order valence-electron chi connectivity index (χ4n) is 5.33. The van der Waals surface area contributed by atoms with E-state index in [0.717, 1.165) is 27.8 Å². The summed E-state index contributed by atoms with van der Waals surface area (Å²) in [5, 5.41) is 0. The summed E-state index contributed by atoms with van der Waals surface area (Å²) in [7, 11) is 0.765. The highest BCUT2D eigenvalue weighted by Gasteiger charge is 2.35. The van der Waals surface area contributed by atoms with Crippen LogP contribution in [0.2, 0.25) is 0 Å². The van der Waals surface area contributed by atoms with Gasteiger partial charge in [0.25, 0.3) is 0 Å². The first kappa shape index (κ1) is 29.2. The Bertz CT molecular complexity index is 1680. The van der Waals surface area contributed by atoms with E-state index in [2.05, 4.69) is 0 Å². The molecule has 6 nitrogen and oxygen atoms in total. The lowest BCUT2D eigenvalue weighted by molar-refractivity contribution is 0.350. The van der Waals surface area contributed by atoms with E-state index in [9.17, 15) is 12.8 Å². The fourth-order valence-corrected chi connectivity index (χ4v) is 6.95. The van der Waals surface area contributed by atoms with E-state index in [4.69, 9.17) is 14.2 Å². The molecule has 1 heterocycles. The Morgan fingerprint density at radius 1 is 0.833 bits per heavy atom. The summed E-state index contributed by atoms with van der Waals surface area (Å²) in [4.78, 5) is 2.43. The highest BCUT2D eigenvalue weighted by atomic mass is 32.2. The molecule has 4 aromatic rings. The van der Waals surface area contributed by atoms with Gasteiger partial charge in [0.15, 0.2) is 11.5 Å². The molecule has 0 aliphatic carbocycles. The molecule has 0 N–H and O–H groups in total. The van der Waals surface area contributed by atoms with Crippen LogP contribution in [-0.4, -0.2) is 41.2 Å². The largest absolute Gasteiger partial charge is 0.497 e. The van der Waals surface area contributed by atoms with Gasteiger partial charge in [0.05, 0.1) is 31.1 Å². The molecular formula is C34H34FNO5S.